The molecule has 0 saturated heterocycles. The van der Waals surface area contributed by atoms with Gasteiger partial charge in [-0.05, 0) is 56.4 Å². The maximum absolute atomic E-state index is 14.5. The first-order chi connectivity index (χ1) is 24.5. The van der Waals surface area contributed by atoms with Crippen molar-refractivity contribution in [2.75, 3.05) is 37.5 Å². The first-order valence-electron chi connectivity index (χ1n) is 16.8. The summed E-state index contributed by atoms with van der Waals surface area (Å²) >= 11 is 12.2. The van der Waals surface area contributed by atoms with E-state index in [4.69, 9.17) is 37.1 Å². The van der Waals surface area contributed by atoms with Gasteiger partial charge in [0.25, 0.3) is 11.8 Å². The van der Waals surface area contributed by atoms with Crippen LogP contribution < -0.4 is 20.7 Å². The molecule has 0 atom stereocenters. The van der Waals surface area contributed by atoms with Gasteiger partial charge in [0, 0.05) is 42.4 Å². The standard InChI is InChI=1S/C21H23ClFNO5.C15H19ClN4O3/c1-2-3-6-9-28-19(25)12-29-18-11-17(16(23)10-15(18)22)24-20(26)13-7-4-5-8-14(13)21(24)27;1-15(2,3)12-18-20(14(22)23-12)11-7-6-9(8-10(11)16)17-13(21)19(4)5/h10-11H,2-9,12H2,1H3;6-8H,1-5H3,(H,17,21). The number of nitrogens with zero attached hydrogens (tertiary/aromatic N) is 4. The second-order valence-electron chi connectivity index (χ2n) is 13.4. The van der Waals surface area contributed by atoms with Crippen molar-refractivity contribution in [2.24, 2.45) is 0 Å². The molecule has 0 bridgehead atoms. The van der Waals surface area contributed by atoms with Crippen LogP contribution in [0.2, 0.25) is 10.0 Å². The van der Waals surface area contributed by atoms with Gasteiger partial charge < -0.3 is 24.1 Å². The highest BCUT2D eigenvalue weighted by Gasteiger charge is 2.41. The summed E-state index contributed by atoms with van der Waals surface area (Å²) in [5.41, 5.74) is 1.19. The van der Waals surface area contributed by atoms with E-state index in [1.54, 1.807) is 32.3 Å². The lowest BCUT2D eigenvalue weighted by Crippen LogP contribution is -2.32. The van der Waals surface area contributed by atoms with Crippen LogP contribution in [-0.4, -0.2) is 65.8 Å². The summed E-state index contributed by atoms with van der Waals surface area (Å²) in [7, 11) is 3.27. The lowest BCUT2D eigenvalue weighted by molar-refractivity contribution is -0.146. The third-order valence-corrected chi connectivity index (χ3v) is 8.61. The molecule has 0 saturated carbocycles. The molecule has 0 radical (unpaired) electrons. The number of nitrogens with one attached hydrogen (secondary N) is 1. The molecule has 0 fully saturated rings. The normalized spacial score (nSPS) is 14.1. The third kappa shape index (κ3) is 9.59. The van der Waals surface area contributed by atoms with Gasteiger partial charge in [-0.2, -0.15) is 4.68 Å². The van der Waals surface area contributed by atoms with Crippen LogP contribution in [0.3, 0.4) is 0 Å². The summed E-state index contributed by atoms with van der Waals surface area (Å²) < 4.78 is 31.3. The number of benzene rings is 2. The third-order valence-electron chi connectivity index (χ3n) is 8.01. The zero-order chi connectivity index (χ0) is 38.3. The molecule has 5 rings (SSSR count). The molecular weight excluding hydrogens is 720 g/mol. The minimum Gasteiger partial charge on any atom is -0.480 e. The second-order valence-corrected chi connectivity index (χ2v) is 14.2. The molecule has 52 heavy (non-hydrogen) atoms. The SMILES string of the molecule is CCCCCOC(=O)COc1cc(N2C(=O)C3=C(CCCC3)C2=O)c(F)cc1Cl.CN(C)C(=O)Nc1ccc(-n2nc(C(C)(C)C)oc2=O)c(Cl)c1. The Bertz CT molecular complexity index is 1900. The number of urea groups is 1. The largest absolute Gasteiger partial charge is 0.480 e. The Kier molecular flexibility index (Phi) is 13.3. The van der Waals surface area contributed by atoms with E-state index in [-0.39, 0.29) is 27.5 Å². The van der Waals surface area contributed by atoms with Crippen molar-refractivity contribution in [2.45, 2.75) is 78.1 Å². The van der Waals surface area contributed by atoms with Crippen molar-refractivity contribution in [3.63, 3.8) is 0 Å². The van der Waals surface area contributed by atoms with E-state index in [1.165, 1.54) is 11.0 Å². The first-order valence-corrected chi connectivity index (χ1v) is 17.6. The number of imide groups is 1. The molecule has 1 N–H and O–H groups in total. The summed E-state index contributed by atoms with van der Waals surface area (Å²) in [4.78, 5) is 63.0. The van der Waals surface area contributed by atoms with E-state index in [9.17, 15) is 28.4 Å². The number of halogens is 3. The number of hydrogen-bond donors (Lipinski definition) is 1. The molecule has 16 heteroatoms. The molecule has 2 heterocycles. The molecule has 13 nitrogen and oxygen atoms in total. The zero-order valence-corrected chi connectivity index (χ0v) is 31.5. The number of ether oxygens (including phenoxy) is 2. The van der Waals surface area contributed by atoms with Crippen molar-refractivity contribution in [3.8, 4) is 11.4 Å². The topological polar surface area (TPSA) is 153 Å². The molecular formula is C36H42Cl2FN5O8. The highest BCUT2D eigenvalue weighted by molar-refractivity contribution is 6.34. The van der Waals surface area contributed by atoms with E-state index < -0.39 is 41.4 Å². The Balaban J connectivity index is 0.000000239. The molecule has 280 valence electrons. The number of hydrogen-bond acceptors (Lipinski definition) is 9. The zero-order valence-electron chi connectivity index (χ0n) is 29.9. The predicted molar refractivity (Wildman–Crippen MR) is 194 cm³/mol. The Morgan fingerprint density at radius 1 is 0.981 bits per heavy atom. The quantitative estimate of drug-likeness (QED) is 0.128. The second kappa shape index (κ2) is 17.2. The van der Waals surface area contributed by atoms with Gasteiger partial charge in [0.15, 0.2) is 6.61 Å². The van der Waals surface area contributed by atoms with E-state index in [2.05, 4.69) is 10.4 Å². The van der Waals surface area contributed by atoms with E-state index in [0.717, 1.165) is 47.8 Å². The highest BCUT2D eigenvalue weighted by Crippen LogP contribution is 2.39. The molecule has 2 aromatic carbocycles. The van der Waals surface area contributed by atoms with Crippen LogP contribution in [0.15, 0.2) is 50.7 Å². The van der Waals surface area contributed by atoms with Gasteiger partial charge in [-0.15, -0.1) is 5.10 Å². The highest BCUT2D eigenvalue weighted by atomic mass is 35.5. The van der Waals surface area contributed by atoms with E-state index >= 15 is 0 Å². The Labute approximate surface area is 310 Å². The molecule has 3 aromatic rings. The minimum atomic E-state index is -0.814. The van der Waals surface area contributed by atoms with Crippen LogP contribution in [0.5, 0.6) is 5.75 Å². The van der Waals surface area contributed by atoms with E-state index in [1.807, 2.05) is 27.7 Å². The maximum atomic E-state index is 14.5. The van der Waals surface area contributed by atoms with Gasteiger partial charge in [-0.1, -0.05) is 63.7 Å². The van der Waals surface area contributed by atoms with Crippen molar-refractivity contribution in [1.29, 1.82) is 0 Å². The molecule has 2 aliphatic rings. The molecule has 1 aliphatic carbocycles. The summed E-state index contributed by atoms with van der Waals surface area (Å²) in [6, 6.07) is 6.66. The maximum Gasteiger partial charge on any atom is 0.442 e. The number of rotatable bonds is 10. The van der Waals surface area contributed by atoms with Gasteiger partial charge in [-0.25, -0.2) is 23.7 Å². The molecule has 1 aromatic heterocycles. The van der Waals surface area contributed by atoms with Crippen LogP contribution in [0.25, 0.3) is 5.69 Å². The van der Waals surface area contributed by atoms with Gasteiger partial charge in [0.05, 0.1) is 28.0 Å². The molecule has 0 unspecified atom stereocenters. The lowest BCUT2D eigenvalue weighted by atomic mass is 9.93. The summed E-state index contributed by atoms with van der Waals surface area (Å²) in [5.74, 6) is -2.69. The summed E-state index contributed by atoms with van der Waals surface area (Å²) in [6.45, 7) is 7.61. The van der Waals surface area contributed by atoms with Crippen molar-refractivity contribution < 1.29 is 37.5 Å². The summed E-state index contributed by atoms with van der Waals surface area (Å²) in [5, 5.41) is 7.07. The average Bonchev–Trinajstić information content (AvgIpc) is 3.60. The van der Waals surface area contributed by atoms with Crippen LogP contribution in [0.4, 0.5) is 20.6 Å². The number of esters is 1. The van der Waals surface area contributed by atoms with Crippen LogP contribution in [0, 0.1) is 5.82 Å². The number of amides is 4. The molecule has 0 spiro atoms. The Hall–Kier alpha value is -4.69. The van der Waals surface area contributed by atoms with Crippen LogP contribution in [0.1, 0.15) is 78.5 Å². The molecule has 1 aliphatic heterocycles. The number of anilines is 2. The fraction of sp³-hybridized carbons (Fsp3) is 0.444. The van der Waals surface area contributed by atoms with Crippen molar-refractivity contribution in [3.05, 3.63) is 73.8 Å². The average molecular weight is 763 g/mol. The fourth-order valence-electron chi connectivity index (χ4n) is 5.20. The smallest absolute Gasteiger partial charge is 0.442 e. The van der Waals surface area contributed by atoms with Crippen LogP contribution in [-0.2, 0) is 24.5 Å². The number of unbranched alkanes of at least 4 members (excludes halogenated alkanes) is 2. The monoisotopic (exact) mass is 761 g/mol. The van der Waals surface area contributed by atoms with Gasteiger partial charge in [0.1, 0.15) is 11.6 Å². The van der Waals surface area contributed by atoms with Crippen molar-refractivity contribution in [1.82, 2.24) is 14.7 Å². The number of aromatic nitrogens is 2. The fourth-order valence-corrected chi connectivity index (χ4v) is 5.67. The van der Waals surface area contributed by atoms with Crippen molar-refractivity contribution >= 4 is 58.4 Å². The number of carbonyl (C=O) groups is 4. The minimum absolute atomic E-state index is 0.000883. The van der Waals surface area contributed by atoms with Gasteiger partial charge in [0.2, 0.25) is 5.89 Å². The lowest BCUT2D eigenvalue weighted by Gasteiger charge is -2.18. The number of carbonyl (C=O) groups excluding carboxylic acids is 4. The predicted octanol–water partition coefficient (Wildman–Crippen LogP) is 7.21. The molecule has 4 amide bonds. The van der Waals surface area contributed by atoms with Gasteiger partial charge in [-0.3, -0.25) is 9.59 Å². The summed E-state index contributed by atoms with van der Waals surface area (Å²) in [6.07, 6.45) is 5.40. The van der Waals surface area contributed by atoms with E-state index in [0.29, 0.717) is 47.9 Å². The Morgan fingerprint density at radius 2 is 1.63 bits per heavy atom. The van der Waals surface area contributed by atoms with Crippen LogP contribution >= 0.6 is 23.2 Å². The first kappa shape index (κ1) is 40.1. The van der Waals surface area contributed by atoms with Gasteiger partial charge >= 0.3 is 17.8 Å². The Morgan fingerprint density at radius 3 is 2.19 bits per heavy atom.